The van der Waals surface area contributed by atoms with Crippen molar-refractivity contribution in [3.8, 4) is 0 Å². The van der Waals surface area contributed by atoms with Crippen LogP contribution in [0.15, 0.2) is 0 Å². The minimum Gasteiger partial charge on any atom is -0.316 e. The van der Waals surface area contributed by atoms with Crippen LogP contribution in [0.4, 0.5) is 0 Å². The predicted octanol–water partition coefficient (Wildman–Crippen LogP) is 3.69. The third kappa shape index (κ3) is 4.99. The summed E-state index contributed by atoms with van der Waals surface area (Å²) in [6.07, 6.45) is 3.90. The van der Waals surface area contributed by atoms with Crippen LogP contribution in [0.2, 0.25) is 0 Å². The van der Waals surface area contributed by atoms with Gasteiger partial charge in [-0.25, -0.2) is 0 Å². The van der Waals surface area contributed by atoms with Crippen LogP contribution in [0.1, 0.15) is 53.9 Å². The van der Waals surface area contributed by atoms with Gasteiger partial charge in [-0.2, -0.15) is 0 Å². The van der Waals surface area contributed by atoms with E-state index in [1.807, 2.05) is 0 Å². The van der Waals surface area contributed by atoms with Gasteiger partial charge < -0.3 is 5.32 Å². The molecular formula is C13H29N. The first-order valence-electron chi connectivity index (χ1n) is 6.37. The van der Waals surface area contributed by atoms with E-state index in [1.165, 1.54) is 32.4 Å². The van der Waals surface area contributed by atoms with Crippen molar-refractivity contribution >= 4 is 0 Å². The molecule has 0 radical (unpaired) electrons. The molecule has 2 atom stereocenters. The number of hydrogen-bond donors (Lipinski definition) is 1. The summed E-state index contributed by atoms with van der Waals surface area (Å²) in [5.74, 6) is 2.58. The zero-order valence-corrected chi connectivity index (χ0v) is 10.8. The van der Waals surface area contributed by atoms with Crippen molar-refractivity contribution in [2.45, 2.75) is 53.9 Å². The summed E-state index contributed by atoms with van der Waals surface area (Å²) in [7, 11) is 0. The summed E-state index contributed by atoms with van der Waals surface area (Å²) in [6.45, 7) is 14.0. The molecule has 0 fully saturated rings. The monoisotopic (exact) mass is 199 g/mol. The van der Waals surface area contributed by atoms with Gasteiger partial charge in [-0.05, 0) is 37.3 Å². The van der Waals surface area contributed by atoms with Gasteiger partial charge in [-0.1, -0.05) is 47.5 Å². The zero-order valence-electron chi connectivity index (χ0n) is 10.8. The average molecular weight is 199 g/mol. The van der Waals surface area contributed by atoms with Gasteiger partial charge >= 0.3 is 0 Å². The predicted molar refractivity (Wildman–Crippen MR) is 65.6 cm³/mol. The molecule has 0 saturated heterocycles. The largest absolute Gasteiger partial charge is 0.316 e. The summed E-state index contributed by atoms with van der Waals surface area (Å²) in [5, 5.41) is 3.52. The quantitative estimate of drug-likeness (QED) is 0.588. The minimum atomic E-state index is 0.812. The maximum Gasteiger partial charge on any atom is -0.00205 e. The van der Waals surface area contributed by atoms with Gasteiger partial charge in [-0.3, -0.25) is 0 Å². The molecule has 14 heavy (non-hydrogen) atoms. The van der Waals surface area contributed by atoms with Crippen molar-refractivity contribution in [1.82, 2.24) is 5.32 Å². The molecule has 1 N–H and O–H groups in total. The second-order valence-corrected chi connectivity index (χ2v) is 4.62. The smallest absolute Gasteiger partial charge is 0.00205 e. The standard InChI is InChI=1S/C13H29N/c1-6-9-14-10-11(4)12(5)13(7-2)8-3/h11-14H,6-10H2,1-5H3. The summed E-state index contributed by atoms with van der Waals surface area (Å²) < 4.78 is 0. The lowest BCUT2D eigenvalue weighted by molar-refractivity contribution is 0.242. The molecule has 2 unspecified atom stereocenters. The molecule has 1 heteroatoms. The normalized spacial score (nSPS) is 15.9. The van der Waals surface area contributed by atoms with Crippen molar-refractivity contribution < 1.29 is 0 Å². The molecule has 0 aromatic rings. The second kappa shape index (κ2) is 8.28. The van der Waals surface area contributed by atoms with Crippen molar-refractivity contribution in [1.29, 1.82) is 0 Å². The molecule has 0 bridgehead atoms. The first-order chi connectivity index (χ1) is 6.67. The van der Waals surface area contributed by atoms with Gasteiger partial charge in [0.1, 0.15) is 0 Å². The summed E-state index contributed by atoms with van der Waals surface area (Å²) in [5.41, 5.74) is 0. The third-order valence-corrected chi connectivity index (χ3v) is 3.58. The van der Waals surface area contributed by atoms with E-state index in [9.17, 15) is 0 Å². The fraction of sp³-hybridized carbons (Fsp3) is 1.00. The van der Waals surface area contributed by atoms with Crippen molar-refractivity contribution in [2.24, 2.45) is 17.8 Å². The number of rotatable bonds is 8. The van der Waals surface area contributed by atoms with Crippen molar-refractivity contribution in [2.75, 3.05) is 13.1 Å². The van der Waals surface area contributed by atoms with Crippen LogP contribution in [0, 0.1) is 17.8 Å². The van der Waals surface area contributed by atoms with E-state index in [0.29, 0.717) is 0 Å². The Balaban J connectivity index is 3.78. The molecule has 0 heterocycles. The molecule has 0 amide bonds. The molecule has 0 saturated carbocycles. The maximum atomic E-state index is 3.52. The SMILES string of the molecule is CCCNCC(C)C(C)C(CC)CC. The molecule has 86 valence electrons. The first kappa shape index (κ1) is 14.0. The zero-order chi connectivity index (χ0) is 11.0. The van der Waals surface area contributed by atoms with Crippen LogP contribution in [-0.4, -0.2) is 13.1 Å². The average Bonchev–Trinajstić information content (AvgIpc) is 2.19. The van der Waals surface area contributed by atoms with E-state index in [-0.39, 0.29) is 0 Å². The minimum absolute atomic E-state index is 0.812. The van der Waals surface area contributed by atoms with Crippen LogP contribution in [-0.2, 0) is 0 Å². The van der Waals surface area contributed by atoms with Crippen LogP contribution >= 0.6 is 0 Å². The van der Waals surface area contributed by atoms with E-state index in [4.69, 9.17) is 0 Å². The highest BCUT2D eigenvalue weighted by atomic mass is 14.8. The van der Waals surface area contributed by atoms with Crippen molar-refractivity contribution in [3.63, 3.8) is 0 Å². The molecule has 0 aliphatic rings. The fourth-order valence-corrected chi connectivity index (χ4v) is 2.19. The van der Waals surface area contributed by atoms with Gasteiger partial charge in [0.25, 0.3) is 0 Å². The van der Waals surface area contributed by atoms with E-state index >= 15 is 0 Å². The number of hydrogen-bond acceptors (Lipinski definition) is 1. The highest BCUT2D eigenvalue weighted by Crippen LogP contribution is 2.25. The lowest BCUT2D eigenvalue weighted by Crippen LogP contribution is -2.29. The van der Waals surface area contributed by atoms with Gasteiger partial charge in [-0.15, -0.1) is 0 Å². The maximum absolute atomic E-state index is 3.52. The second-order valence-electron chi connectivity index (χ2n) is 4.62. The molecular weight excluding hydrogens is 170 g/mol. The topological polar surface area (TPSA) is 12.0 Å². The first-order valence-corrected chi connectivity index (χ1v) is 6.37. The van der Waals surface area contributed by atoms with E-state index in [2.05, 4.69) is 39.9 Å². The lowest BCUT2D eigenvalue weighted by Gasteiger charge is -2.27. The Labute approximate surface area is 90.7 Å². The summed E-state index contributed by atoms with van der Waals surface area (Å²) in [6, 6.07) is 0. The van der Waals surface area contributed by atoms with Gasteiger partial charge in [0.05, 0.1) is 0 Å². The lowest BCUT2D eigenvalue weighted by atomic mass is 9.81. The Morgan fingerprint density at radius 2 is 1.57 bits per heavy atom. The summed E-state index contributed by atoms with van der Waals surface area (Å²) >= 11 is 0. The molecule has 0 aromatic carbocycles. The Morgan fingerprint density at radius 3 is 2.00 bits per heavy atom. The van der Waals surface area contributed by atoms with E-state index in [1.54, 1.807) is 0 Å². The van der Waals surface area contributed by atoms with Crippen LogP contribution in [0.5, 0.6) is 0 Å². The van der Waals surface area contributed by atoms with Crippen LogP contribution in [0.25, 0.3) is 0 Å². The van der Waals surface area contributed by atoms with Gasteiger partial charge in [0.2, 0.25) is 0 Å². The fourth-order valence-electron chi connectivity index (χ4n) is 2.19. The van der Waals surface area contributed by atoms with E-state index in [0.717, 1.165) is 17.8 Å². The summed E-state index contributed by atoms with van der Waals surface area (Å²) in [4.78, 5) is 0. The molecule has 0 aliphatic heterocycles. The highest BCUT2D eigenvalue weighted by molar-refractivity contribution is 4.71. The number of nitrogens with one attached hydrogen (secondary N) is 1. The Bertz CT molecular complexity index is 118. The molecule has 0 aliphatic carbocycles. The van der Waals surface area contributed by atoms with Gasteiger partial charge in [0.15, 0.2) is 0 Å². The molecule has 0 spiro atoms. The van der Waals surface area contributed by atoms with Crippen LogP contribution < -0.4 is 5.32 Å². The third-order valence-electron chi connectivity index (χ3n) is 3.58. The molecule has 0 aromatic heterocycles. The van der Waals surface area contributed by atoms with Gasteiger partial charge in [0, 0.05) is 0 Å². The van der Waals surface area contributed by atoms with E-state index < -0.39 is 0 Å². The molecule has 1 nitrogen and oxygen atoms in total. The Hall–Kier alpha value is -0.0400. The molecule has 0 rings (SSSR count). The van der Waals surface area contributed by atoms with Crippen molar-refractivity contribution in [3.05, 3.63) is 0 Å². The van der Waals surface area contributed by atoms with Crippen LogP contribution in [0.3, 0.4) is 0 Å². The Kier molecular flexibility index (Phi) is 8.26. The Morgan fingerprint density at radius 1 is 1.00 bits per heavy atom. The highest BCUT2D eigenvalue weighted by Gasteiger charge is 2.19.